The zero-order chi connectivity index (χ0) is 19.0. The number of carbonyl (C=O) groups is 1. The number of fused-ring (bicyclic) bond motifs is 1. The molecule has 0 aliphatic carbocycles. The Morgan fingerprint density at radius 2 is 1.54 bits per heavy atom. The van der Waals surface area contributed by atoms with Crippen LogP contribution >= 0.6 is 0 Å². The summed E-state index contributed by atoms with van der Waals surface area (Å²) in [5, 5.41) is 0. The first-order valence-corrected chi connectivity index (χ1v) is 8.93. The molecule has 0 unspecified atom stereocenters. The van der Waals surface area contributed by atoms with Crippen LogP contribution in [0.3, 0.4) is 0 Å². The van der Waals surface area contributed by atoms with Gasteiger partial charge in [-0.15, -0.1) is 0 Å². The number of hydrogen-bond acceptors (Lipinski definition) is 3. The van der Waals surface area contributed by atoms with Crippen LogP contribution in [0.25, 0.3) is 11.0 Å². The Kier molecular flexibility index (Phi) is 4.77. The first-order valence-electron chi connectivity index (χ1n) is 8.93. The Hall–Kier alpha value is -2.75. The molecule has 1 heterocycles. The molecule has 0 fully saturated rings. The molecule has 1 amide bonds. The maximum atomic E-state index is 13.3. The molecule has 0 aliphatic heterocycles. The molecular weight excluding hydrogens is 322 g/mol. The summed E-state index contributed by atoms with van der Waals surface area (Å²) in [6, 6.07) is 11.8. The molecule has 4 heteroatoms. The fourth-order valence-corrected chi connectivity index (χ4v) is 3.10. The Morgan fingerprint density at radius 1 is 0.885 bits per heavy atom. The highest BCUT2D eigenvalue weighted by atomic mass is 16.2. The van der Waals surface area contributed by atoms with Crippen LogP contribution in [0.1, 0.15) is 46.7 Å². The summed E-state index contributed by atoms with van der Waals surface area (Å²) >= 11 is 0. The lowest BCUT2D eigenvalue weighted by atomic mass is 10.1. The van der Waals surface area contributed by atoms with Crippen molar-refractivity contribution >= 4 is 22.6 Å². The van der Waals surface area contributed by atoms with Gasteiger partial charge in [-0.3, -0.25) is 4.79 Å². The van der Waals surface area contributed by atoms with Gasteiger partial charge in [-0.25, -0.2) is 9.97 Å². The van der Waals surface area contributed by atoms with Crippen molar-refractivity contribution in [2.75, 3.05) is 4.90 Å². The van der Waals surface area contributed by atoms with Crippen LogP contribution in [0.15, 0.2) is 36.4 Å². The molecule has 0 saturated carbocycles. The summed E-state index contributed by atoms with van der Waals surface area (Å²) in [5.74, 6) is -0.0179. The molecule has 3 rings (SSSR count). The third-order valence-corrected chi connectivity index (χ3v) is 4.68. The van der Waals surface area contributed by atoms with Crippen molar-refractivity contribution in [3.8, 4) is 0 Å². The highest BCUT2D eigenvalue weighted by Gasteiger charge is 2.23. The van der Waals surface area contributed by atoms with Gasteiger partial charge in [0.2, 0.25) is 0 Å². The predicted molar refractivity (Wildman–Crippen MR) is 107 cm³/mol. The molecular formula is C22H25N3O. The maximum Gasteiger partial charge on any atom is 0.258 e. The number of hydrogen-bond donors (Lipinski definition) is 0. The van der Waals surface area contributed by atoms with E-state index in [1.54, 1.807) is 0 Å². The Balaban J connectivity index is 2.09. The van der Waals surface area contributed by atoms with Gasteiger partial charge in [-0.1, -0.05) is 12.1 Å². The van der Waals surface area contributed by atoms with E-state index in [1.807, 2.05) is 64.6 Å². The molecule has 0 bridgehead atoms. The number of benzene rings is 2. The predicted octanol–water partition coefficient (Wildman–Crippen LogP) is 4.92. The SMILES string of the molecule is Cc1ccc(C)c(N(C(=O)c2ccc3nc(C)c(C)nc3c2)C(C)C)c1. The molecule has 4 nitrogen and oxygen atoms in total. The van der Waals surface area contributed by atoms with Gasteiger partial charge >= 0.3 is 0 Å². The number of aryl methyl sites for hydroxylation is 4. The lowest BCUT2D eigenvalue weighted by molar-refractivity contribution is 0.0980. The molecule has 0 N–H and O–H groups in total. The summed E-state index contributed by atoms with van der Waals surface area (Å²) in [7, 11) is 0. The van der Waals surface area contributed by atoms with Gasteiger partial charge in [0, 0.05) is 17.3 Å². The second-order valence-electron chi connectivity index (χ2n) is 7.16. The van der Waals surface area contributed by atoms with Crippen molar-refractivity contribution in [1.82, 2.24) is 9.97 Å². The fourth-order valence-electron chi connectivity index (χ4n) is 3.10. The van der Waals surface area contributed by atoms with E-state index in [-0.39, 0.29) is 11.9 Å². The Labute approximate surface area is 154 Å². The Bertz CT molecular complexity index is 992. The van der Waals surface area contributed by atoms with Gasteiger partial charge in [0.05, 0.1) is 22.4 Å². The minimum Gasteiger partial charge on any atom is -0.306 e. The van der Waals surface area contributed by atoms with Crippen molar-refractivity contribution in [3.63, 3.8) is 0 Å². The second kappa shape index (κ2) is 6.87. The average Bonchev–Trinajstić information content (AvgIpc) is 2.58. The summed E-state index contributed by atoms with van der Waals surface area (Å²) in [5.41, 5.74) is 7.18. The monoisotopic (exact) mass is 347 g/mol. The summed E-state index contributed by atoms with van der Waals surface area (Å²) in [6.45, 7) is 12.0. The minimum atomic E-state index is -0.0179. The molecule has 3 aromatic rings. The molecule has 0 aliphatic rings. The van der Waals surface area contributed by atoms with Crippen LogP contribution in [0, 0.1) is 27.7 Å². The first kappa shape index (κ1) is 18.1. The van der Waals surface area contributed by atoms with Crippen LogP contribution in [0.5, 0.6) is 0 Å². The second-order valence-corrected chi connectivity index (χ2v) is 7.16. The van der Waals surface area contributed by atoms with E-state index in [2.05, 4.69) is 28.2 Å². The van der Waals surface area contributed by atoms with Crippen molar-refractivity contribution in [2.24, 2.45) is 0 Å². The third-order valence-electron chi connectivity index (χ3n) is 4.68. The molecule has 2 aromatic carbocycles. The molecule has 26 heavy (non-hydrogen) atoms. The van der Waals surface area contributed by atoms with Gasteiger partial charge < -0.3 is 4.90 Å². The number of carbonyl (C=O) groups excluding carboxylic acids is 1. The van der Waals surface area contributed by atoms with E-state index in [9.17, 15) is 4.79 Å². The lowest BCUT2D eigenvalue weighted by Gasteiger charge is -2.29. The number of nitrogens with zero attached hydrogens (tertiary/aromatic N) is 3. The normalized spacial score (nSPS) is 11.2. The fraction of sp³-hybridized carbons (Fsp3) is 0.318. The third kappa shape index (κ3) is 3.32. The zero-order valence-corrected chi connectivity index (χ0v) is 16.3. The number of rotatable bonds is 3. The topological polar surface area (TPSA) is 46.1 Å². The van der Waals surface area contributed by atoms with Gasteiger partial charge in [0.1, 0.15) is 0 Å². The van der Waals surface area contributed by atoms with Gasteiger partial charge in [0.15, 0.2) is 0 Å². The van der Waals surface area contributed by atoms with Gasteiger partial charge in [-0.05, 0) is 76.9 Å². The maximum absolute atomic E-state index is 13.3. The largest absolute Gasteiger partial charge is 0.306 e. The number of anilines is 1. The first-order chi connectivity index (χ1) is 12.3. The molecule has 134 valence electrons. The van der Waals surface area contributed by atoms with Gasteiger partial charge in [0.25, 0.3) is 5.91 Å². The lowest BCUT2D eigenvalue weighted by Crippen LogP contribution is -2.37. The summed E-state index contributed by atoms with van der Waals surface area (Å²) in [6.07, 6.45) is 0. The van der Waals surface area contributed by atoms with E-state index in [0.29, 0.717) is 5.56 Å². The zero-order valence-electron chi connectivity index (χ0n) is 16.3. The standard InChI is InChI=1S/C22H25N3O/c1-13(2)25(21-11-14(3)7-8-15(21)4)22(26)18-9-10-19-20(12-18)24-17(6)16(5)23-19/h7-13H,1-6H3. The van der Waals surface area contributed by atoms with Crippen molar-refractivity contribution in [2.45, 2.75) is 47.6 Å². The van der Waals surface area contributed by atoms with E-state index < -0.39 is 0 Å². The van der Waals surface area contributed by atoms with Crippen molar-refractivity contribution in [1.29, 1.82) is 0 Å². The average molecular weight is 347 g/mol. The van der Waals surface area contributed by atoms with Crippen LogP contribution in [-0.2, 0) is 0 Å². The summed E-state index contributed by atoms with van der Waals surface area (Å²) < 4.78 is 0. The van der Waals surface area contributed by atoms with E-state index in [0.717, 1.165) is 39.2 Å². The van der Waals surface area contributed by atoms with E-state index in [4.69, 9.17) is 0 Å². The molecule has 1 aromatic heterocycles. The van der Waals surface area contributed by atoms with Crippen molar-refractivity contribution in [3.05, 3.63) is 64.5 Å². The van der Waals surface area contributed by atoms with Crippen molar-refractivity contribution < 1.29 is 4.79 Å². The highest BCUT2D eigenvalue weighted by molar-refractivity contribution is 6.08. The Morgan fingerprint density at radius 3 is 2.19 bits per heavy atom. The van der Waals surface area contributed by atoms with Crippen LogP contribution in [0.4, 0.5) is 5.69 Å². The molecule has 0 saturated heterocycles. The number of aromatic nitrogens is 2. The van der Waals surface area contributed by atoms with Gasteiger partial charge in [-0.2, -0.15) is 0 Å². The quantitative estimate of drug-likeness (QED) is 0.675. The van der Waals surface area contributed by atoms with E-state index in [1.165, 1.54) is 0 Å². The minimum absolute atomic E-state index is 0.0179. The van der Waals surface area contributed by atoms with Crippen LogP contribution in [-0.4, -0.2) is 21.9 Å². The molecule has 0 atom stereocenters. The number of amides is 1. The molecule has 0 spiro atoms. The van der Waals surface area contributed by atoms with Crippen LogP contribution in [0.2, 0.25) is 0 Å². The summed E-state index contributed by atoms with van der Waals surface area (Å²) in [4.78, 5) is 24.3. The van der Waals surface area contributed by atoms with Crippen LogP contribution < -0.4 is 4.90 Å². The van der Waals surface area contributed by atoms with E-state index >= 15 is 0 Å². The highest BCUT2D eigenvalue weighted by Crippen LogP contribution is 2.26. The molecule has 0 radical (unpaired) electrons. The smallest absolute Gasteiger partial charge is 0.258 e.